The Hall–Kier alpha value is -0.460. The Morgan fingerprint density at radius 1 is 1.43 bits per heavy atom. The van der Waals surface area contributed by atoms with Crippen molar-refractivity contribution in [1.29, 1.82) is 0 Å². The van der Waals surface area contributed by atoms with Crippen LogP contribution in [0.15, 0.2) is 18.2 Å². The zero-order valence-electron chi connectivity index (χ0n) is 11.5. The van der Waals surface area contributed by atoms with Crippen molar-refractivity contribution in [2.24, 2.45) is 0 Å². The van der Waals surface area contributed by atoms with Crippen molar-refractivity contribution in [1.82, 2.24) is 4.90 Å². The fraction of sp³-hybridized carbons (Fsp3) is 0.500. The average molecular weight is 349 g/mol. The molecule has 1 amide bonds. The maximum Gasteiger partial charge on any atom is 0.238 e. The van der Waals surface area contributed by atoms with Gasteiger partial charge in [-0.25, -0.2) is 0 Å². The monoisotopic (exact) mass is 348 g/mol. The summed E-state index contributed by atoms with van der Waals surface area (Å²) in [5.41, 5.74) is 0.455. The van der Waals surface area contributed by atoms with Crippen molar-refractivity contribution >= 4 is 46.6 Å². The van der Waals surface area contributed by atoms with Gasteiger partial charge in [0.25, 0.3) is 0 Å². The molecule has 0 unspecified atom stereocenters. The van der Waals surface area contributed by atoms with Gasteiger partial charge in [-0.15, -0.1) is 0 Å². The standard InChI is InChI=1S/C14H18Cl2N2O2S/c15-11-2-1-3-12(16)14(11)17-13(20)8-18-5-7-21-9-10(18)4-6-19/h1-3,10,19H,4-9H2,(H,17,20)/t10-/m0/s1. The molecule has 2 rings (SSSR count). The normalized spacial score (nSPS) is 19.5. The van der Waals surface area contributed by atoms with E-state index in [-0.39, 0.29) is 25.1 Å². The lowest BCUT2D eigenvalue weighted by Gasteiger charge is -2.34. The first kappa shape index (κ1) is 16.9. The molecule has 0 spiro atoms. The highest BCUT2D eigenvalue weighted by molar-refractivity contribution is 7.99. The molecular formula is C14H18Cl2N2O2S. The van der Waals surface area contributed by atoms with E-state index in [0.29, 0.717) is 22.2 Å². The van der Waals surface area contributed by atoms with E-state index in [1.165, 1.54) is 0 Å². The van der Waals surface area contributed by atoms with Crippen LogP contribution in [0, 0.1) is 0 Å². The number of nitrogens with zero attached hydrogens (tertiary/aromatic N) is 1. The van der Waals surface area contributed by atoms with Crippen LogP contribution in [0.3, 0.4) is 0 Å². The van der Waals surface area contributed by atoms with E-state index in [0.717, 1.165) is 18.1 Å². The summed E-state index contributed by atoms with van der Waals surface area (Å²) in [4.78, 5) is 14.3. The SMILES string of the molecule is O=C(CN1CCSC[C@@H]1CCO)Nc1c(Cl)cccc1Cl. The first-order chi connectivity index (χ1) is 10.1. The highest BCUT2D eigenvalue weighted by Crippen LogP contribution is 2.29. The lowest BCUT2D eigenvalue weighted by molar-refractivity contribution is -0.117. The molecule has 1 aromatic rings. The van der Waals surface area contributed by atoms with Crippen molar-refractivity contribution in [3.05, 3.63) is 28.2 Å². The van der Waals surface area contributed by atoms with Gasteiger partial charge < -0.3 is 10.4 Å². The largest absolute Gasteiger partial charge is 0.396 e. The van der Waals surface area contributed by atoms with Gasteiger partial charge in [0.15, 0.2) is 0 Å². The Kier molecular flexibility index (Phi) is 6.64. The van der Waals surface area contributed by atoms with E-state index in [9.17, 15) is 4.79 Å². The van der Waals surface area contributed by atoms with Gasteiger partial charge >= 0.3 is 0 Å². The third-order valence-corrected chi connectivity index (χ3v) is 5.11. The molecule has 1 atom stereocenters. The van der Waals surface area contributed by atoms with E-state index in [1.807, 2.05) is 11.8 Å². The van der Waals surface area contributed by atoms with Crippen LogP contribution in [0.4, 0.5) is 5.69 Å². The summed E-state index contributed by atoms with van der Waals surface area (Å²) >= 11 is 13.9. The number of para-hydroxylation sites is 1. The van der Waals surface area contributed by atoms with E-state index in [1.54, 1.807) is 18.2 Å². The topological polar surface area (TPSA) is 52.6 Å². The van der Waals surface area contributed by atoms with E-state index in [4.69, 9.17) is 28.3 Å². The van der Waals surface area contributed by atoms with Gasteiger partial charge in [0.1, 0.15) is 0 Å². The number of carbonyl (C=O) groups is 1. The Labute approximate surface area is 138 Å². The number of benzene rings is 1. The van der Waals surface area contributed by atoms with Crippen molar-refractivity contribution in [3.8, 4) is 0 Å². The highest BCUT2D eigenvalue weighted by atomic mass is 35.5. The first-order valence-electron chi connectivity index (χ1n) is 6.78. The number of aliphatic hydroxyl groups excluding tert-OH is 1. The molecule has 0 radical (unpaired) electrons. The second-order valence-corrected chi connectivity index (χ2v) is 6.82. The number of hydrogen-bond donors (Lipinski definition) is 2. The maximum atomic E-state index is 12.2. The van der Waals surface area contributed by atoms with Gasteiger partial charge in [-0.05, 0) is 18.6 Å². The Balaban J connectivity index is 1.97. The maximum absolute atomic E-state index is 12.2. The number of thioether (sulfide) groups is 1. The van der Waals surface area contributed by atoms with Crippen LogP contribution in [0.1, 0.15) is 6.42 Å². The zero-order chi connectivity index (χ0) is 15.2. The van der Waals surface area contributed by atoms with Crippen molar-refractivity contribution in [3.63, 3.8) is 0 Å². The molecule has 21 heavy (non-hydrogen) atoms. The molecule has 0 aliphatic carbocycles. The molecule has 7 heteroatoms. The number of amides is 1. The third-order valence-electron chi connectivity index (χ3n) is 3.39. The fourth-order valence-electron chi connectivity index (χ4n) is 2.29. The number of carbonyl (C=O) groups excluding carboxylic acids is 1. The first-order valence-corrected chi connectivity index (χ1v) is 8.69. The van der Waals surface area contributed by atoms with Crippen LogP contribution in [-0.4, -0.2) is 53.2 Å². The summed E-state index contributed by atoms with van der Waals surface area (Å²) < 4.78 is 0. The molecule has 1 saturated heterocycles. The van der Waals surface area contributed by atoms with Gasteiger partial charge in [0, 0.05) is 30.7 Å². The highest BCUT2D eigenvalue weighted by Gasteiger charge is 2.24. The molecular weight excluding hydrogens is 331 g/mol. The van der Waals surface area contributed by atoms with Gasteiger partial charge in [0.2, 0.25) is 5.91 Å². The minimum Gasteiger partial charge on any atom is -0.396 e. The van der Waals surface area contributed by atoms with Gasteiger partial charge in [-0.2, -0.15) is 11.8 Å². The zero-order valence-corrected chi connectivity index (χ0v) is 13.8. The Morgan fingerprint density at radius 2 is 2.14 bits per heavy atom. The second kappa shape index (κ2) is 8.25. The van der Waals surface area contributed by atoms with Crippen LogP contribution in [0.2, 0.25) is 10.0 Å². The van der Waals surface area contributed by atoms with Crippen LogP contribution >= 0.6 is 35.0 Å². The predicted octanol–water partition coefficient (Wildman–Crippen LogP) is 2.73. The molecule has 1 fully saturated rings. The molecule has 1 heterocycles. The molecule has 0 aromatic heterocycles. The van der Waals surface area contributed by atoms with Gasteiger partial charge in [-0.1, -0.05) is 29.3 Å². The number of aliphatic hydroxyl groups is 1. The molecule has 4 nitrogen and oxygen atoms in total. The number of hydrogen-bond acceptors (Lipinski definition) is 4. The quantitative estimate of drug-likeness (QED) is 0.858. The van der Waals surface area contributed by atoms with Crippen LogP contribution < -0.4 is 5.32 Å². The van der Waals surface area contributed by atoms with Crippen molar-refractivity contribution < 1.29 is 9.90 Å². The summed E-state index contributed by atoms with van der Waals surface area (Å²) in [6, 6.07) is 5.35. The smallest absolute Gasteiger partial charge is 0.238 e. The number of nitrogens with one attached hydrogen (secondary N) is 1. The fourth-order valence-corrected chi connectivity index (χ4v) is 3.96. The second-order valence-electron chi connectivity index (χ2n) is 4.86. The van der Waals surface area contributed by atoms with Crippen LogP contribution in [-0.2, 0) is 4.79 Å². The average Bonchev–Trinajstić information content (AvgIpc) is 2.45. The molecule has 116 valence electrons. The lowest BCUT2D eigenvalue weighted by Crippen LogP contribution is -2.46. The summed E-state index contributed by atoms with van der Waals surface area (Å²) in [5.74, 6) is 1.81. The summed E-state index contributed by atoms with van der Waals surface area (Å²) in [6.45, 7) is 1.27. The van der Waals surface area contributed by atoms with Crippen molar-refractivity contribution in [2.45, 2.75) is 12.5 Å². The van der Waals surface area contributed by atoms with Crippen LogP contribution in [0.25, 0.3) is 0 Å². The molecule has 2 N–H and O–H groups in total. The number of rotatable bonds is 5. The number of halogens is 2. The molecule has 0 saturated carbocycles. The van der Waals surface area contributed by atoms with E-state index < -0.39 is 0 Å². The van der Waals surface area contributed by atoms with Gasteiger partial charge in [-0.3, -0.25) is 9.69 Å². The molecule has 0 bridgehead atoms. The Morgan fingerprint density at radius 3 is 2.81 bits per heavy atom. The van der Waals surface area contributed by atoms with Crippen molar-refractivity contribution in [2.75, 3.05) is 36.5 Å². The lowest BCUT2D eigenvalue weighted by atomic mass is 10.2. The molecule has 1 aliphatic heterocycles. The summed E-state index contributed by atoms with van der Waals surface area (Å²) in [7, 11) is 0. The summed E-state index contributed by atoms with van der Waals surface area (Å²) in [5, 5.41) is 12.7. The van der Waals surface area contributed by atoms with E-state index >= 15 is 0 Å². The van der Waals surface area contributed by atoms with Crippen LogP contribution in [0.5, 0.6) is 0 Å². The summed E-state index contributed by atoms with van der Waals surface area (Å²) in [6.07, 6.45) is 0.688. The number of anilines is 1. The Bertz CT molecular complexity index is 480. The minimum atomic E-state index is -0.139. The predicted molar refractivity (Wildman–Crippen MR) is 89.5 cm³/mol. The molecule has 1 aromatic carbocycles. The molecule has 1 aliphatic rings. The third kappa shape index (κ3) is 4.76. The van der Waals surface area contributed by atoms with E-state index in [2.05, 4.69) is 10.2 Å². The van der Waals surface area contributed by atoms with Gasteiger partial charge in [0.05, 0.1) is 22.3 Å². The minimum absolute atomic E-state index is 0.139.